The molecule has 1 atom stereocenters. The number of likely N-dealkylation sites (tertiary alicyclic amines) is 1. The summed E-state index contributed by atoms with van der Waals surface area (Å²) in [5.74, 6) is 4.15. The molecule has 0 unspecified atom stereocenters. The Hall–Kier alpha value is -1.06. The lowest BCUT2D eigenvalue weighted by atomic mass is 9.49. The largest absolute Gasteiger partial charge is 0.356 e. The number of nitrogens with zero attached hydrogens (tertiary/aromatic N) is 1. The number of carbonyl (C=O) groups is 2. The van der Waals surface area contributed by atoms with E-state index in [1.54, 1.807) is 0 Å². The molecule has 2 amide bonds. The Bertz CT molecular complexity index is 547. The van der Waals surface area contributed by atoms with Crippen molar-refractivity contribution in [2.75, 3.05) is 19.6 Å². The molecule has 1 aliphatic heterocycles. The van der Waals surface area contributed by atoms with Crippen LogP contribution in [0.2, 0.25) is 0 Å². The Kier molecular flexibility index (Phi) is 4.28. The zero-order chi connectivity index (χ0) is 17.7. The molecule has 1 saturated heterocycles. The molecule has 26 heavy (non-hydrogen) atoms. The van der Waals surface area contributed by atoms with E-state index in [0.717, 1.165) is 69.5 Å². The highest BCUT2D eigenvalue weighted by Gasteiger charge is 2.51. The Morgan fingerprint density at radius 2 is 1.62 bits per heavy atom. The second kappa shape index (κ2) is 6.53. The van der Waals surface area contributed by atoms with Crippen LogP contribution in [0.5, 0.6) is 0 Å². The van der Waals surface area contributed by atoms with Crippen molar-refractivity contribution in [2.24, 2.45) is 35.0 Å². The lowest BCUT2D eigenvalue weighted by Gasteiger charge is -2.56. The Balaban J connectivity index is 1.11. The van der Waals surface area contributed by atoms with Crippen molar-refractivity contribution in [1.82, 2.24) is 10.2 Å². The van der Waals surface area contributed by atoms with Crippen molar-refractivity contribution in [1.29, 1.82) is 0 Å². The van der Waals surface area contributed by atoms with Crippen LogP contribution in [0.4, 0.5) is 0 Å². The number of rotatable bonds is 5. The van der Waals surface area contributed by atoms with E-state index in [0.29, 0.717) is 23.2 Å². The van der Waals surface area contributed by atoms with E-state index in [9.17, 15) is 9.59 Å². The van der Waals surface area contributed by atoms with Gasteiger partial charge < -0.3 is 10.2 Å². The standard InChI is InChI=1S/C22H34N2O2/c25-20(12-22-9-16-6-17(10-22)8-18(7-16)11-22)23-13-15-2-1-5-24(14-15)21(26)19-3-4-19/h15-19H,1-14H2,(H,23,25)/t15-,16?,17?,18?,22?/m0/s1. The van der Waals surface area contributed by atoms with Gasteiger partial charge >= 0.3 is 0 Å². The molecule has 0 spiro atoms. The predicted molar refractivity (Wildman–Crippen MR) is 100 cm³/mol. The third-order valence-electron chi connectivity index (χ3n) is 8.05. The van der Waals surface area contributed by atoms with E-state index in [-0.39, 0.29) is 5.91 Å². The molecule has 5 saturated carbocycles. The van der Waals surface area contributed by atoms with E-state index in [2.05, 4.69) is 10.2 Å². The Morgan fingerprint density at radius 1 is 0.962 bits per heavy atom. The van der Waals surface area contributed by atoms with Crippen molar-refractivity contribution in [3.05, 3.63) is 0 Å². The third-order valence-corrected chi connectivity index (χ3v) is 8.05. The first-order chi connectivity index (χ1) is 12.6. The van der Waals surface area contributed by atoms with Crippen LogP contribution < -0.4 is 5.32 Å². The molecule has 1 heterocycles. The SMILES string of the molecule is O=C(CC12CC3CC(CC(C3)C1)C2)NC[C@@H]1CCCN(C(=O)C2CC2)C1. The van der Waals surface area contributed by atoms with E-state index < -0.39 is 0 Å². The summed E-state index contributed by atoms with van der Waals surface area (Å²) in [5, 5.41) is 3.25. The molecule has 144 valence electrons. The fraction of sp³-hybridized carbons (Fsp3) is 0.909. The summed E-state index contributed by atoms with van der Waals surface area (Å²) < 4.78 is 0. The lowest BCUT2D eigenvalue weighted by Crippen LogP contribution is -2.49. The zero-order valence-corrected chi connectivity index (χ0v) is 16.0. The average Bonchev–Trinajstić information content (AvgIpc) is 3.43. The minimum atomic E-state index is 0.276. The fourth-order valence-corrected chi connectivity index (χ4v) is 7.19. The molecule has 4 nitrogen and oxygen atoms in total. The molecule has 0 aromatic rings. The average molecular weight is 359 g/mol. The molecule has 4 bridgehead atoms. The predicted octanol–water partition coefficient (Wildman–Crippen LogP) is 3.36. The van der Waals surface area contributed by atoms with Crippen LogP contribution in [0.25, 0.3) is 0 Å². The van der Waals surface area contributed by atoms with Crippen molar-refractivity contribution in [3.63, 3.8) is 0 Å². The Morgan fingerprint density at radius 3 is 2.23 bits per heavy atom. The first kappa shape index (κ1) is 17.1. The highest BCUT2D eigenvalue weighted by atomic mass is 16.2. The summed E-state index contributed by atoms with van der Waals surface area (Å²) in [5.41, 5.74) is 0.333. The highest BCUT2D eigenvalue weighted by Crippen LogP contribution is 2.61. The monoisotopic (exact) mass is 358 g/mol. The van der Waals surface area contributed by atoms with Gasteiger partial charge in [-0.05, 0) is 93.3 Å². The van der Waals surface area contributed by atoms with E-state index >= 15 is 0 Å². The smallest absolute Gasteiger partial charge is 0.225 e. The van der Waals surface area contributed by atoms with Crippen LogP contribution in [0.15, 0.2) is 0 Å². The van der Waals surface area contributed by atoms with Gasteiger partial charge in [0.05, 0.1) is 0 Å². The number of carbonyl (C=O) groups excluding carboxylic acids is 2. The van der Waals surface area contributed by atoms with Gasteiger partial charge in [0.2, 0.25) is 11.8 Å². The number of hydrogen-bond acceptors (Lipinski definition) is 2. The van der Waals surface area contributed by atoms with Crippen LogP contribution in [0, 0.1) is 35.0 Å². The summed E-state index contributed by atoms with van der Waals surface area (Å²) in [6.45, 7) is 2.54. The molecule has 6 aliphatic rings. The van der Waals surface area contributed by atoms with E-state index in [1.807, 2.05) is 0 Å². The molecule has 0 aromatic carbocycles. The van der Waals surface area contributed by atoms with E-state index in [1.165, 1.54) is 38.5 Å². The topological polar surface area (TPSA) is 49.4 Å². The van der Waals surface area contributed by atoms with Crippen LogP contribution in [-0.2, 0) is 9.59 Å². The molecule has 6 rings (SSSR count). The summed E-state index contributed by atoms with van der Waals surface area (Å²) in [6, 6.07) is 0. The summed E-state index contributed by atoms with van der Waals surface area (Å²) >= 11 is 0. The van der Waals surface area contributed by atoms with Gasteiger partial charge in [-0.15, -0.1) is 0 Å². The van der Waals surface area contributed by atoms with Gasteiger partial charge in [0.15, 0.2) is 0 Å². The van der Waals surface area contributed by atoms with Gasteiger partial charge in [-0.2, -0.15) is 0 Å². The van der Waals surface area contributed by atoms with Gasteiger partial charge in [0, 0.05) is 32.0 Å². The quantitative estimate of drug-likeness (QED) is 0.819. The summed E-state index contributed by atoms with van der Waals surface area (Å²) in [6.07, 6.45) is 13.4. The molecule has 6 fully saturated rings. The zero-order valence-electron chi connectivity index (χ0n) is 16.0. The minimum Gasteiger partial charge on any atom is -0.356 e. The lowest BCUT2D eigenvalue weighted by molar-refractivity contribution is -0.134. The molecule has 4 heteroatoms. The minimum absolute atomic E-state index is 0.276. The van der Waals surface area contributed by atoms with Gasteiger partial charge in [-0.3, -0.25) is 9.59 Å². The van der Waals surface area contributed by atoms with Gasteiger partial charge in [0.25, 0.3) is 0 Å². The van der Waals surface area contributed by atoms with Gasteiger partial charge in [-0.1, -0.05) is 0 Å². The molecule has 5 aliphatic carbocycles. The summed E-state index contributed by atoms with van der Waals surface area (Å²) in [7, 11) is 0. The maximum absolute atomic E-state index is 12.7. The first-order valence-corrected chi connectivity index (χ1v) is 11.1. The van der Waals surface area contributed by atoms with Gasteiger partial charge in [0.1, 0.15) is 0 Å². The maximum Gasteiger partial charge on any atom is 0.225 e. The second-order valence-corrected chi connectivity index (χ2v) is 10.5. The van der Waals surface area contributed by atoms with E-state index in [4.69, 9.17) is 0 Å². The molecular formula is C22H34N2O2. The van der Waals surface area contributed by atoms with Crippen molar-refractivity contribution in [2.45, 2.75) is 70.6 Å². The fourth-order valence-electron chi connectivity index (χ4n) is 7.19. The van der Waals surface area contributed by atoms with Crippen LogP contribution in [-0.4, -0.2) is 36.3 Å². The van der Waals surface area contributed by atoms with Gasteiger partial charge in [-0.25, -0.2) is 0 Å². The molecule has 0 radical (unpaired) electrons. The number of hydrogen-bond donors (Lipinski definition) is 1. The second-order valence-electron chi connectivity index (χ2n) is 10.5. The van der Waals surface area contributed by atoms with Crippen molar-refractivity contribution >= 4 is 11.8 Å². The normalized spacial score (nSPS) is 41.3. The third kappa shape index (κ3) is 3.41. The molecular weight excluding hydrogens is 324 g/mol. The molecule has 1 N–H and O–H groups in total. The number of piperidine rings is 1. The van der Waals surface area contributed by atoms with Crippen LogP contribution >= 0.6 is 0 Å². The highest BCUT2D eigenvalue weighted by molar-refractivity contribution is 5.81. The van der Waals surface area contributed by atoms with Crippen LogP contribution in [0.1, 0.15) is 70.6 Å². The molecule has 0 aromatic heterocycles. The van der Waals surface area contributed by atoms with Crippen LogP contribution in [0.3, 0.4) is 0 Å². The number of amides is 2. The first-order valence-electron chi connectivity index (χ1n) is 11.1. The van der Waals surface area contributed by atoms with Crippen molar-refractivity contribution < 1.29 is 9.59 Å². The summed E-state index contributed by atoms with van der Waals surface area (Å²) in [4.78, 5) is 27.1. The van der Waals surface area contributed by atoms with Crippen molar-refractivity contribution in [3.8, 4) is 0 Å². The number of nitrogens with one attached hydrogen (secondary N) is 1. The maximum atomic E-state index is 12.7. The Labute approximate surface area is 157 Å².